The maximum Gasteiger partial charge on any atom is 0.231 e. The molecule has 0 spiro atoms. The van der Waals surface area contributed by atoms with Crippen molar-refractivity contribution in [3.05, 3.63) is 70.7 Å². The van der Waals surface area contributed by atoms with Crippen molar-refractivity contribution < 1.29 is 14.3 Å². The van der Waals surface area contributed by atoms with E-state index in [4.69, 9.17) is 4.74 Å². The summed E-state index contributed by atoms with van der Waals surface area (Å²) >= 11 is 1.54. The lowest BCUT2D eigenvalue weighted by Gasteiger charge is -2.25. The maximum absolute atomic E-state index is 13.0. The van der Waals surface area contributed by atoms with E-state index in [9.17, 15) is 9.59 Å². The molecule has 8 heteroatoms. The van der Waals surface area contributed by atoms with Crippen LogP contribution in [-0.4, -0.2) is 41.4 Å². The largest absolute Gasteiger partial charge is 0.492 e. The third-order valence-electron chi connectivity index (χ3n) is 6.24. The molecule has 1 N–H and O–H groups in total. The molecule has 1 fully saturated rings. The van der Waals surface area contributed by atoms with Gasteiger partial charge in [-0.3, -0.25) is 14.5 Å². The van der Waals surface area contributed by atoms with Crippen molar-refractivity contribution in [2.75, 3.05) is 29.9 Å². The molecule has 2 aliphatic heterocycles. The highest BCUT2D eigenvalue weighted by molar-refractivity contribution is 7.15. The van der Waals surface area contributed by atoms with Gasteiger partial charge < -0.3 is 15.0 Å². The number of para-hydroxylation sites is 2. The number of carbonyl (C=O) groups is 2. The third-order valence-corrected chi connectivity index (χ3v) is 7.24. The minimum atomic E-state index is -0.419. The van der Waals surface area contributed by atoms with Crippen molar-refractivity contribution in [3.8, 4) is 5.75 Å². The first-order valence-corrected chi connectivity index (χ1v) is 12.5. The zero-order chi connectivity index (χ0) is 23.5. The van der Waals surface area contributed by atoms with E-state index >= 15 is 0 Å². The van der Waals surface area contributed by atoms with Gasteiger partial charge in [-0.1, -0.05) is 42.5 Å². The van der Waals surface area contributed by atoms with Crippen molar-refractivity contribution in [3.63, 3.8) is 0 Å². The Hall–Kier alpha value is -3.23. The summed E-state index contributed by atoms with van der Waals surface area (Å²) in [7, 11) is 0. The number of benzene rings is 2. The minimum Gasteiger partial charge on any atom is -0.492 e. The Bertz CT molecular complexity index is 1180. The second-order valence-electron chi connectivity index (χ2n) is 8.63. The fourth-order valence-electron chi connectivity index (χ4n) is 4.56. The van der Waals surface area contributed by atoms with E-state index in [0.717, 1.165) is 31.7 Å². The van der Waals surface area contributed by atoms with Gasteiger partial charge in [-0.05, 0) is 24.6 Å². The fourth-order valence-corrected chi connectivity index (χ4v) is 5.61. The smallest absolute Gasteiger partial charge is 0.231 e. The van der Waals surface area contributed by atoms with Crippen molar-refractivity contribution in [2.24, 2.45) is 5.92 Å². The monoisotopic (exact) mass is 476 g/mol. The van der Waals surface area contributed by atoms with Crippen LogP contribution in [0, 0.1) is 5.92 Å². The molecule has 176 valence electrons. The topological polar surface area (TPSA) is 74.8 Å². The molecule has 2 aliphatic rings. The highest BCUT2D eigenvalue weighted by atomic mass is 32.1. The Kier molecular flexibility index (Phi) is 6.60. The standard InChI is InChI=1S/C26H28N4O3S/c1-2-33-22-11-7-6-10-21(22)30-16-19(14-24(30)31)25(32)28-26-27-20-12-13-29(17-23(20)34-26)15-18-8-4-3-5-9-18/h3-11,19H,2,12-17H2,1H3,(H,27,28,32). The van der Waals surface area contributed by atoms with E-state index < -0.39 is 5.92 Å². The fraction of sp³-hybridized carbons (Fsp3) is 0.346. The number of hydrogen-bond acceptors (Lipinski definition) is 6. The Morgan fingerprint density at radius 1 is 1.18 bits per heavy atom. The molecule has 2 amide bonds. The lowest BCUT2D eigenvalue weighted by atomic mass is 10.1. The molecule has 3 heterocycles. The van der Waals surface area contributed by atoms with Gasteiger partial charge in [0.15, 0.2) is 5.13 Å². The molecule has 0 radical (unpaired) electrons. The number of rotatable bonds is 7. The van der Waals surface area contributed by atoms with E-state index in [1.54, 1.807) is 16.2 Å². The lowest BCUT2D eigenvalue weighted by molar-refractivity contribution is -0.122. The number of carbonyl (C=O) groups excluding carboxylic acids is 2. The summed E-state index contributed by atoms with van der Waals surface area (Å²) < 4.78 is 5.67. The highest BCUT2D eigenvalue weighted by Crippen LogP contribution is 2.34. The first-order valence-electron chi connectivity index (χ1n) is 11.7. The van der Waals surface area contributed by atoms with E-state index in [1.165, 1.54) is 10.4 Å². The molecule has 0 saturated carbocycles. The lowest BCUT2D eigenvalue weighted by Crippen LogP contribution is -2.29. The van der Waals surface area contributed by atoms with Gasteiger partial charge in [-0.25, -0.2) is 4.98 Å². The summed E-state index contributed by atoms with van der Waals surface area (Å²) in [6.45, 7) is 5.45. The van der Waals surface area contributed by atoms with Crippen LogP contribution in [0.2, 0.25) is 0 Å². The summed E-state index contributed by atoms with van der Waals surface area (Å²) in [6.07, 6.45) is 1.06. The number of nitrogens with zero attached hydrogens (tertiary/aromatic N) is 3. The number of ether oxygens (including phenoxy) is 1. The van der Waals surface area contributed by atoms with E-state index in [2.05, 4.69) is 39.5 Å². The number of fused-ring (bicyclic) bond motifs is 1. The third kappa shape index (κ3) is 4.83. The summed E-state index contributed by atoms with van der Waals surface area (Å²) in [6, 6.07) is 17.9. The normalized spacial score (nSPS) is 18.1. The average molecular weight is 477 g/mol. The molecule has 3 aromatic rings. The summed E-state index contributed by atoms with van der Waals surface area (Å²) in [5.41, 5.74) is 3.08. The Labute approximate surface area is 203 Å². The van der Waals surface area contributed by atoms with Gasteiger partial charge in [0.2, 0.25) is 11.8 Å². The van der Waals surface area contributed by atoms with E-state index in [-0.39, 0.29) is 18.2 Å². The number of anilines is 2. The molecule has 1 saturated heterocycles. The number of nitrogens with one attached hydrogen (secondary N) is 1. The first-order chi connectivity index (χ1) is 16.6. The zero-order valence-corrected chi connectivity index (χ0v) is 20.0. The Morgan fingerprint density at radius 3 is 2.79 bits per heavy atom. The van der Waals surface area contributed by atoms with Crippen LogP contribution < -0.4 is 15.0 Å². The maximum atomic E-state index is 13.0. The van der Waals surface area contributed by atoms with Gasteiger partial charge in [0, 0.05) is 43.9 Å². The SMILES string of the molecule is CCOc1ccccc1N1CC(C(=O)Nc2nc3c(s2)CN(Cc2ccccc2)CC3)CC1=O. The van der Waals surface area contributed by atoms with E-state index in [1.807, 2.05) is 37.3 Å². The zero-order valence-electron chi connectivity index (χ0n) is 19.2. The second-order valence-corrected chi connectivity index (χ2v) is 9.71. The van der Waals surface area contributed by atoms with Crippen LogP contribution in [-0.2, 0) is 29.1 Å². The Balaban J connectivity index is 1.22. The summed E-state index contributed by atoms with van der Waals surface area (Å²) in [5.74, 6) is 0.0176. The number of hydrogen-bond donors (Lipinski definition) is 1. The Morgan fingerprint density at radius 2 is 1.97 bits per heavy atom. The molecular weight excluding hydrogens is 448 g/mol. The molecule has 0 aliphatic carbocycles. The molecule has 0 bridgehead atoms. The molecule has 7 nitrogen and oxygen atoms in total. The van der Waals surface area contributed by atoms with E-state index in [0.29, 0.717) is 29.7 Å². The van der Waals surface area contributed by atoms with Crippen molar-refractivity contribution >= 4 is 34.0 Å². The molecular formula is C26H28N4O3S. The summed E-state index contributed by atoms with van der Waals surface area (Å²) in [5, 5.41) is 3.60. The van der Waals surface area contributed by atoms with Crippen LogP contribution in [0.3, 0.4) is 0 Å². The van der Waals surface area contributed by atoms with Crippen molar-refractivity contribution in [1.29, 1.82) is 0 Å². The van der Waals surface area contributed by atoms with Gasteiger partial charge in [-0.2, -0.15) is 0 Å². The van der Waals surface area contributed by atoms with Gasteiger partial charge >= 0.3 is 0 Å². The predicted octanol–water partition coefficient (Wildman–Crippen LogP) is 4.09. The van der Waals surface area contributed by atoms with Crippen LogP contribution >= 0.6 is 11.3 Å². The number of aromatic nitrogens is 1. The molecule has 1 unspecified atom stereocenters. The van der Waals surface area contributed by atoms with Crippen LogP contribution in [0.5, 0.6) is 5.75 Å². The minimum absolute atomic E-state index is 0.0673. The quantitative estimate of drug-likeness (QED) is 0.556. The molecule has 34 heavy (non-hydrogen) atoms. The van der Waals surface area contributed by atoms with Gasteiger partial charge in [-0.15, -0.1) is 11.3 Å². The second kappa shape index (κ2) is 9.95. The predicted molar refractivity (Wildman–Crippen MR) is 133 cm³/mol. The average Bonchev–Trinajstić information content (AvgIpc) is 3.43. The molecule has 5 rings (SSSR count). The van der Waals surface area contributed by atoms with Gasteiger partial charge in [0.05, 0.1) is 23.9 Å². The summed E-state index contributed by atoms with van der Waals surface area (Å²) in [4.78, 5) is 35.7. The number of amides is 2. The van der Waals surface area contributed by atoms with Crippen LogP contribution in [0.4, 0.5) is 10.8 Å². The van der Waals surface area contributed by atoms with Crippen molar-refractivity contribution in [2.45, 2.75) is 32.9 Å². The molecule has 1 atom stereocenters. The molecule has 2 aromatic carbocycles. The number of thiazole rings is 1. The van der Waals surface area contributed by atoms with Gasteiger partial charge in [0.25, 0.3) is 0 Å². The highest BCUT2D eigenvalue weighted by Gasteiger charge is 2.36. The molecule has 1 aromatic heterocycles. The van der Waals surface area contributed by atoms with Crippen LogP contribution in [0.25, 0.3) is 0 Å². The van der Waals surface area contributed by atoms with Gasteiger partial charge in [0.1, 0.15) is 5.75 Å². The van der Waals surface area contributed by atoms with Crippen molar-refractivity contribution in [1.82, 2.24) is 9.88 Å². The van der Waals surface area contributed by atoms with Crippen LogP contribution in [0.1, 0.15) is 29.5 Å². The first kappa shape index (κ1) is 22.6. The van der Waals surface area contributed by atoms with Crippen LogP contribution in [0.15, 0.2) is 54.6 Å².